The van der Waals surface area contributed by atoms with Gasteiger partial charge in [0.2, 0.25) is 0 Å². The Labute approximate surface area is 107 Å². The molecule has 17 heavy (non-hydrogen) atoms. The lowest BCUT2D eigenvalue weighted by Crippen LogP contribution is -2.14. The van der Waals surface area contributed by atoms with Crippen molar-refractivity contribution in [2.24, 2.45) is 0 Å². The summed E-state index contributed by atoms with van der Waals surface area (Å²) in [6, 6.07) is 4.49. The summed E-state index contributed by atoms with van der Waals surface area (Å²) in [7, 11) is 0. The maximum absolute atomic E-state index is 4.26. The van der Waals surface area contributed by atoms with Crippen LogP contribution in [0.15, 0.2) is 23.7 Å². The minimum Gasteiger partial charge on any atom is -0.306 e. The van der Waals surface area contributed by atoms with E-state index in [1.165, 1.54) is 22.3 Å². The van der Waals surface area contributed by atoms with Crippen molar-refractivity contribution in [1.82, 2.24) is 10.3 Å². The average molecular weight is 246 g/mol. The Hall–Kier alpha value is -1.19. The SMILES string of the molecule is Cc1cc(C)c(CNCc2nccs2)c(C)c1. The smallest absolute Gasteiger partial charge is 0.106 e. The molecule has 3 heteroatoms. The first-order valence-corrected chi connectivity index (χ1v) is 6.70. The van der Waals surface area contributed by atoms with Gasteiger partial charge in [-0.15, -0.1) is 11.3 Å². The summed E-state index contributed by atoms with van der Waals surface area (Å²) in [4.78, 5) is 4.26. The van der Waals surface area contributed by atoms with Crippen LogP contribution in [0.1, 0.15) is 27.3 Å². The Balaban J connectivity index is 1.99. The van der Waals surface area contributed by atoms with Gasteiger partial charge in [0.05, 0.1) is 0 Å². The van der Waals surface area contributed by atoms with Gasteiger partial charge in [-0.05, 0) is 37.5 Å². The molecule has 0 spiro atoms. The van der Waals surface area contributed by atoms with E-state index in [1.54, 1.807) is 11.3 Å². The van der Waals surface area contributed by atoms with Crippen molar-refractivity contribution in [3.8, 4) is 0 Å². The van der Waals surface area contributed by atoms with Crippen LogP contribution in [-0.2, 0) is 13.1 Å². The first-order valence-electron chi connectivity index (χ1n) is 5.82. The second-order valence-corrected chi connectivity index (χ2v) is 5.39. The Bertz CT molecular complexity index is 466. The van der Waals surface area contributed by atoms with Gasteiger partial charge >= 0.3 is 0 Å². The van der Waals surface area contributed by atoms with Crippen LogP contribution in [0.5, 0.6) is 0 Å². The third-order valence-electron chi connectivity index (χ3n) is 2.90. The number of thiazole rings is 1. The Morgan fingerprint density at radius 1 is 1.12 bits per heavy atom. The van der Waals surface area contributed by atoms with Gasteiger partial charge < -0.3 is 5.32 Å². The van der Waals surface area contributed by atoms with Crippen LogP contribution in [0.3, 0.4) is 0 Å². The fourth-order valence-electron chi connectivity index (χ4n) is 2.12. The first kappa shape index (κ1) is 12.3. The van der Waals surface area contributed by atoms with E-state index in [0.29, 0.717) is 0 Å². The number of benzene rings is 1. The zero-order valence-electron chi connectivity index (χ0n) is 10.6. The number of hydrogen-bond donors (Lipinski definition) is 1. The number of aromatic nitrogens is 1. The van der Waals surface area contributed by atoms with E-state index in [-0.39, 0.29) is 0 Å². The molecule has 0 aliphatic rings. The fourth-order valence-corrected chi connectivity index (χ4v) is 2.71. The quantitative estimate of drug-likeness (QED) is 0.894. The lowest BCUT2D eigenvalue weighted by atomic mass is 10.00. The number of nitrogens with zero attached hydrogens (tertiary/aromatic N) is 1. The highest BCUT2D eigenvalue weighted by molar-refractivity contribution is 7.09. The minimum absolute atomic E-state index is 0.852. The summed E-state index contributed by atoms with van der Waals surface area (Å²) in [5.41, 5.74) is 5.49. The zero-order chi connectivity index (χ0) is 12.3. The molecule has 2 rings (SSSR count). The second kappa shape index (κ2) is 5.43. The monoisotopic (exact) mass is 246 g/mol. The van der Waals surface area contributed by atoms with Crippen molar-refractivity contribution in [2.75, 3.05) is 0 Å². The third kappa shape index (κ3) is 3.14. The molecule has 90 valence electrons. The van der Waals surface area contributed by atoms with Gasteiger partial charge in [-0.1, -0.05) is 17.7 Å². The Morgan fingerprint density at radius 3 is 2.41 bits per heavy atom. The highest BCUT2D eigenvalue weighted by atomic mass is 32.1. The standard InChI is InChI=1S/C14H18N2S/c1-10-6-11(2)13(12(3)7-10)8-15-9-14-16-4-5-17-14/h4-7,15H,8-9H2,1-3H3. The summed E-state index contributed by atoms with van der Waals surface area (Å²) < 4.78 is 0. The first-order chi connectivity index (χ1) is 8.16. The highest BCUT2D eigenvalue weighted by Crippen LogP contribution is 2.16. The van der Waals surface area contributed by atoms with Crippen molar-refractivity contribution in [2.45, 2.75) is 33.9 Å². The van der Waals surface area contributed by atoms with Crippen LogP contribution in [-0.4, -0.2) is 4.98 Å². The molecule has 0 saturated carbocycles. The minimum atomic E-state index is 0.852. The van der Waals surface area contributed by atoms with Crippen molar-refractivity contribution in [3.05, 3.63) is 51.0 Å². The van der Waals surface area contributed by atoms with Gasteiger partial charge in [0.1, 0.15) is 5.01 Å². The maximum Gasteiger partial charge on any atom is 0.106 e. The van der Waals surface area contributed by atoms with Crippen LogP contribution in [0.4, 0.5) is 0 Å². The molecule has 0 aliphatic carbocycles. The van der Waals surface area contributed by atoms with E-state index >= 15 is 0 Å². The summed E-state index contributed by atoms with van der Waals surface area (Å²) in [5, 5.41) is 6.61. The van der Waals surface area contributed by atoms with Gasteiger partial charge in [0.25, 0.3) is 0 Å². The van der Waals surface area contributed by atoms with E-state index in [9.17, 15) is 0 Å². The predicted octanol–water partition coefficient (Wildman–Crippen LogP) is 3.36. The Morgan fingerprint density at radius 2 is 1.82 bits per heavy atom. The molecule has 2 aromatic rings. The molecule has 0 fully saturated rings. The molecule has 0 radical (unpaired) electrons. The largest absolute Gasteiger partial charge is 0.306 e. The van der Waals surface area contributed by atoms with Crippen molar-refractivity contribution >= 4 is 11.3 Å². The normalized spacial score (nSPS) is 10.8. The molecule has 0 unspecified atom stereocenters. The van der Waals surface area contributed by atoms with Gasteiger partial charge in [0, 0.05) is 24.7 Å². The van der Waals surface area contributed by atoms with Crippen LogP contribution in [0.2, 0.25) is 0 Å². The number of rotatable bonds is 4. The van der Waals surface area contributed by atoms with Crippen LogP contribution >= 0.6 is 11.3 Å². The molecule has 2 nitrogen and oxygen atoms in total. The van der Waals surface area contributed by atoms with E-state index in [4.69, 9.17) is 0 Å². The molecular weight excluding hydrogens is 228 g/mol. The average Bonchev–Trinajstić information content (AvgIpc) is 2.74. The van der Waals surface area contributed by atoms with Crippen LogP contribution in [0, 0.1) is 20.8 Å². The molecule has 1 heterocycles. The molecule has 0 saturated heterocycles. The number of nitrogens with one attached hydrogen (secondary N) is 1. The maximum atomic E-state index is 4.26. The molecule has 0 amide bonds. The fraction of sp³-hybridized carbons (Fsp3) is 0.357. The van der Waals surface area contributed by atoms with E-state index in [0.717, 1.165) is 18.1 Å². The number of hydrogen-bond acceptors (Lipinski definition) is 3. The van der Waals surface area contributed by atoms with Gasteiger partial charge in [-0.3, -0.25) is 0 Å². The lowest BCUT2D eigenvalue weighted by molar-refractivity contribution is 0.684. The summed E-state index contributed by atoms with van der Waals surface area (Å²) in [6.07, 6.45) is 1.85. The molecule has 0 bridgehead atoms. The van der Waals surface area contributed by atoms with E-state index in [2.05, 4.69) is 43.2 Å². The van der Waals surface area contributed by atoms with Gasteiger partial charge in [-0.2, -0.15) is 0 Å². The van der Waals surface area contributed by atoms with E-state index < -0.39 is 0 Å². The lowest BCUT2D eigenvalue weighted by Gasteiger charge is -2.11. The van der Waals surface area contributed by atoms with Gasteiger partial charge in [0.15, 0.2) is 0 Å². The van der Waals surface area contributed by atoms with Gasteiger partial charge in [-0.25, -0.2) is 4.98 Å². The summed E-state index contributed by atoms with van der Waals surface area (Å²) in [6.45, 7) is 8.27. The molecule has 1 aromatic heterocycles. The third-order valence-corrected chi connectivity index (χ3v) is 3.68. The van der Waals surface area contributed by atoms with Crippen molar-refractivity contribution in [1.29, 1.82) is 0 Å². The van der Waals surface area contributed by atoms with Crippen molar-refractivity contribution in [3.63, 3.8) is 0 Å². The summed E-state index contributed by atoms with van der Waals surface area (Å²) >= 11 is 1.70. The molecular formula is C14H18N2S. The summed E-state index contributed by atoms with van der Waals surface area (Å²) in [5.74, 6) is 0. The highest BCUT2D eigenvalue weighted by Gasteiger charge is 2.03. The van der Waals surface area contributed by atoms with Crippen LogP contribution < -0.4 is 5.32 Å². The Kier molecular flexibility index (Phi) is 3.92. The van der Waals surface area contributed by atoms with E-state index in [1.807, 2.05) is 11.6 Å². The second-order valence-electron chi connectivity index (χ2n) is 4.41. The molecule has 0 aliphatic heterocycles. The van der Waals surface area contributed by atoms with Crippen molar-refractivity contribution < 1.29 is 0 Å². The predicted molar refractivity (Wildman–Crippen MR) is 73.3 cm³/mol. The topological polar surface area (TPSA) is 24.9 Å². The number of aryl methyl sites for hydroxylation is 3. The molecule has 0 atom stereocenters. The molecule has 1 N–H and O–H groups in total. The zero-order valence-corrected chi connectivity index (χ0v) is 11.4. The van der Waals surface area contributed by atoms with Crippen LogP contribution in [0.25, 0.3) is 0 Å². The molecule has 1 aromatic carbocycles.